The molecule has 6 nitrogen and oxygen atoms in total. The Labute approximate surface area is 162 Å². The fourth-order valence-corrected chi connectivity index (χ4v) is 5.02. The fraction of sp³-hybridized carbons (Fsp3) is 0.450. The van der Waals surface area contributed by atoms with E-state index in [0.29, 0.717) is 16.1 Å². The van der Waals surface area contributed by atoms with Crippen molar-refractivity contribution in [3.63, 3.8) is 0 Å². The molecule has 1 N–H and O–H groups in total. The molecule has 0 bridgehead atoms. The highest BCUT2D eigenvalue weighted by molar-refractivity contribution is 7.16. The lowest BCUT2D eigenvalue weighted by Crippen LogP contribution is -2.21. The molecule has 2 aromatic heterocycles. The van der Waals surface area contributed by atoms with E-state index in [9.17, 15) is 14.9 Å². The molecule has 1 aliphatic rings. The summed E-state index contributed by atoms with van der Waals surface area (Å²) in [4.78, 5) is 25.8. The standard InChI is InChI=1S/C20H23N3O3S/c1-11(2)23-12(3)8-15(13(23)4)20(25)26-10-18(24)22-19-16(9-21)14-6-5-7-17(14)27-19/h8,11H,5-7,10H2,1-4H3,(H,22,24). The van der Waals surface area contributed by atoms with Gasteiger partial charge < -0.3 is 14.6 Å². The van der Waals surface area contributed by atoms with Crippen LogP contribution in [0.25, 0.3) is 0 Å². The van der Waals surface area contributed by atoms with E-state index in [4.69, 9.17) is 4.74 Å². The lowest BCUT2D eigenvalue weighted by molar-refractivity contribution is -0.119. The van der Waals surface area contributed by atoms with Gasteiger partial charge in [-0.15, -0.1) is 11.3 Å². The first-order valence-corrected chi connectivity index (χ1v) is 9.85. The number of amides is 1. The van der Waals surface area contributed by atoms with Crippen LogP contribution in [-0.4, -0.2) is 23.1 Å². The number of esters is 1. The van der Waals surface area contributed by atoms with Crippen molar-refractivity contribution in [1.82, 2.24) is 4.57 Å². The number of hydrogen-bond donors (Lipinski definition) is 1. The second-order valence-corrected chi connectivity index (χ2v) is 8.15. The molecular weight excluding hydrogens is 362 g/mol. The minimum Gasteiger partial charge on any atom is -0.452 e. The first-order chi connectivity index (χ1) is 12.8. The van der Waals surface area contributed by atoms with E-state index >= 15 is 0 Å². The molecule has 2 aromatic rings. The summed E-state index contributed by atoms with van der Waals surface area (Å²) in [5, 5.41) is 12.7. The van der Waals surface area contributed by atoms with Crippen molar-refractivity contribution in [1.29, 1.82) is 5.26 Å². The Morgan fingerprint density at radius 3 is 2.74 bits per heavy atom. The third-order valence-corrected chi connectivity index (χ3v) is 6.05. The van der Waals surface area contributed by atoms with E-state index in [1.54, 1.807) is 6.07 Å². The summed E-state index contributed by atoms with van der Waals surface area (Å²) in [6.45, 7) is 7.53. The van der Waals surface area contributed by atoms with Gasteiger partial charge in [0.1, 0.15) is 11.1 Å². The van der Waals surface area contributed by atoms with Crippen LogP contribution in [0.3, 0.4) is 0 Å². The lowest BCUT2D eigenvalue weighted by atomic mass is 10.1. The molecule has 0 fully saturated rings. The molecule has 0 atom stereocenters. The Morgan fingerprint density at radius 1 is 1.37 bits per heavy atom. The fourth-order valence-electron chi connectivity index (χ4n) is 3.76. The molecule has 142 valence electrons. The molecule has 0 unspecified atom stereocenters. The Morgan fingerprint density at radius 2 is 2.11 bits per heavy atom. The van der Waals surface area contributed by atoms with Crippen molar-refractivity contribution in [2.24, 2.45) is 0 Å². The van der Waals surface area contributed by atoms with Crippen LogP contribution in [0.1, 0.15) is 64.1 Å². The maximum absolute atomic E-state index is 12.4. The summed E-state index contributed by atoms with van der Waals surface area (Å²) in [5.74, 6) is -0.947. The first kappa shape index (κ1) is 19.2. The zero-order valence-corrected chi connectivity index (χ0v) is 16.8. The molecule has 2 heterocycles. The van der Waals surface area contributed by atoms with Crippen molar-refractivity contribution >= 4 is 28.2 Å². The molecule has 1 amide bonds. The van der Waals surface area contributed by atoms with E-state index in [-0.39, 0.29) is 12.6 Å². The van der Waals surface area contributed by atoms with Gasteiger partial charge in [0.25, 0.3) is 5.91 Å². The predicted octanol–water partition coefficient (Wildman–Crippen LogP) is 3.90. The van der Waals surface area contributed by atoms with Crippen LogP contribution >= 0.6 is 11.3 Å². The molecule has 0 aliphatic heterocycles. The summed E-state index contributed by atoms with van der Waals surface area (Å²) < 4.78 is 7.26. The zero-order valence-electron chi connectivity index (χ0n) is 16.0. The Bertz CT molecular complexity index is 947. The topological polar surface area (TPSA) is 84.1 Å². The van der Waals surface area contributed by atoms with Gasteiger partial charge in [-0.3, -0.25) is 4.79 Å². The molecule has 3 rings (SSSR count). The average molecular weight is 385 g/mol. The quantitative estimate of drug-likeness (QED) is 0.791. The van der Waals surface area contributed by atoms with Gasteiger partial charge in [-0.1, -0.05) is 0 Å². The average Bonchev–Trinajstić information content (AvgIpc) is 3.25. The van der Waals surface area contributed by atoms with Gasteiger partial charge in [0, 0.05) is 22.3 Å². The van der Waals surface area contributed by atoms with Crippen molar-refractivity contribution in [2.75, 3.05) is 11.9 Å². The number of ether oxygens (including phenoxy) is 1. The number of anilines is 1. The van der Waals surface area contributed by atoms with Crippen molar-refractivity contribution in [2.45, 2.75) is 53.0 Å². The Kier molecular flexibility index (Phi) is 5.38. The van der Waals surface area contributed by atoms with Crippen LogP contribution in [0.5, 0.6) is 0 Å². The smallest absolute Gasteiger partial charge is 0.340 e. The maximum Gasteiger partial charge on any atom is 0.340 e. The van der Waals surface area contributed by atoms with Gasteiger partial charge in [0.15, 0.2) is 6.61 Å². The number of thiophene rings is 1. The summed E-state index contributed by atoms with van der Waals surface area (Å²) in [5.41, 5.74) is 3.88. The van der Waals surface area contributed by atoms with Crippen LogP contribution in [-0.2, 0) is 22.4 Å². The monoisotopic (exact) mass is 385 g/mol. The van der Waals surface area contributed by atoms with E-state index in [1.807, 2.05) is 27.7 Å². The van der Waals surface area contributed by atoms with Crippen LogP contribution in [0.2, 0.25) is 0 Å². The van der Waals surface area contributed by atoms with Gasteiger partial charge in [0.2, 0.25) is 0 Å². The van der Waals surface area contributed by atoms with Gasteiger partial charge >= 0.3 is 5.97 Å². The Hall–Kier alpha value is -2.59. The molecule has 0 spiro atoms. The van der Waals surface area contributed by atoms with Crippen molar-refractivity contribution < 1.29 is 14.3 Å². The number of nitrogens with zero attached hydrogens (tertiary/aromatic N) is 2. The van der Waals surface area contributed by atoms with Crippen molar-refractivity contribution in [3.05, 3.63) is 39.0 Å². The number of hydrogen-bond acceptors (Lipinski definition) is 5. The summed E-state index contributed by atoms with van der Waals surface area (Å²) in [6, 6.07) is 4.21. The lowest BCUT2D eigenvalue weighted by Gasteiger charge is -2.13. The summed E-state index contributed by atoms with van der Waals surface area (Å²) in [6.07, 6.45) is 2.88. The SMILES string of the molecule is Cc1cc(C(=O)OCC(=O)Nc2sc3c(c2C#N)CCC3)c(C)n1C(C)C. The number of carbonyl (C=O) groups excluding carboxylic acids is 2. The third kappa shape index (κ3) is 3.62. The van der Waals surface area contributed by atoms with Crippen LogP contribution in [0.15, 0.2) is 6.07 Å². The number of nitrogens with one attached hydrogen (secondary N) is 1. The number of aryl methyl sites for hydroxylation is 2. The van der Waals surface area contributed by atoms with Crippen LogP contribution in [0.4, 0.5) is 5.00 Å². The second-order valence-electron chi connectivity index (χ2n) is 7.05. The number of rotatable bonds is 5. The maximum atomic E-state index is 12.4. The summed E-state index contributed by atoms with van der Waals surface area (Å²) >= 11 is 1.44. The molecule has 0 aromatic carbocycles. The molecule has 27 heavy (non-hydrogen) atoms. The zero-order chi connectivity index (χ0) is 19.7. The largest absolute Gasteiger partial charge is 0.452 e. The highest BCUT2D eigenvalue weighted by Gasteiger charge is 2.24. The molecule has 1 aliphatic carbocycles. The number of fused-ring (bicyclic) bond motifs is 1. The first-order valence-electron chi connectivity index (χ1n) is 9.03. The molecule has 7 heteroatoms. The molecular formula is C20H23N3O3S. The van der Waals surface area contributed by atoms with Crippen LogP contribution < -0.4 is 5.32 Å². The van der Waals surface area contributed by atoms with E-state index in [2.05, 4.69) is 16.0 Å². The van der Waals surface area contributed by atoms with E-state index in [0.717, 1.165) is 36.2 Å². The van der Waals surface area contributed by atoms with Gasteiger partial charge in [-0.25, -0.2) is 4.79 Å². The normalized spacial score (nSPS) is 12.7. The number of aromatic nitrogens is 1. The molecule has 0 saturated heterocycles. The molecule has 0 saturated carbocycles. The number of carbonyl (C=O) groups is 2. The van der Waals surface area contributed by atoms with E-state index < -0.39 is 11.9 Å². The Balaban J connectivity index is 1.64. The molecule has 0 radical (unpaired) electrons. The van der Waals surface area contributed by atoms with Gasteiger partial charge in [0.05, 0.1) is 11.1 Å². The van der Waals surface area contributed by atoms with Gasteiger partial charge in [-0.05, 0) is 58.6 Å². The second kappa shape index (κ2) is 7.57. The van der Waals surface area contributed by atoms with E-state index in [1.165, 1.54) is 16.2 Å². The van der Waals surface area contributed by atoms with Crippen molar-refractivity contribution in [3.8, 4) is 6.07 Å². The third-order valence-electron chi connectivity index (χ3n) is 4.84. The van der Waals surface area contributed by atoms with Crippen LogP contribution in [0, 0.1) is 25.2 Å². The predicted molar refractivity (Wildman–Crippen MR) is 104 cm³/mol. The number of nitriles is 1. The minimum absolute atomic E-state index is 0.236. The highest BCUT2D eigenvalue weighted by atomic mass is 32.1. The minimum atomic E-state index is -0.515. The highest BCUT2D eigenvalue weighted by Crippen LogP contribution is 2.38. The van der Waals surface area contributed by atoms with Gasteiger partial charge in [-0.2, -0.15) is 5.26 Å². The summed E-state index contributed by atoms with van der Waals surface area (Å²) in [7, 11) is 0.